The summed E-state index contributed by atoms with van der Waals surface area (Å²) in [6.45, 7) is -0.00229. The van der Waals surface area contributed by atoms with Gasteiger partial charge in [-0.3, -0.25) is 0 Å². The van der Waals surface area contributed by atoms with Crippen molar-refractivity contribution in [1.29, 1.82) is 0 Å². The van der Waals surface area contributed by atoms with Gasteiger partial charge in [0.1, 0.15) is 11.4 Å². The molecule has 0 N–H and O–H groups in total. The van der Waals surface area contributed by atoms with Crippen molar-refractivity contribution in [2.24, 2.45) is 0 Å². The summed E-state index contributed by atoms with van der Waals surface area (Å²) in [6, 6.07) is 40.0. The molecule has 0 spiro atoms. The van der Waals surface area contributed by atoms with Crippen LogP contribution in [0.5, 0.6) is 0 Å². The third-order valence-electron chi connectivity index (χ3n) is 10.5. The maximum Gasteiger partial charge on any atom is 0.317 e. The third kappa shape index (κ3) is 3.55. The lowest BCUT2D eigenvalue weighted by Crippen LogP contribution is -2.62. The number of fused-ring (bicyclic) bond motifs is 8. The molecular weight excluding hydrogens is 549 g/mol. The zero-order chi connectivity index (χ0) is 29.5. The molecule has 0 bridgehead atoms. The van der Waals surface area contributed by atoms with Crippen LogP contribution in [0.25, 0.3) is 5.69 Å². The van der Waals surface area contributed by atoms with E-state index in [1.54, 1.807) is 0 Å². The molecule has 4 aromatic carbocycles. The lowest BCUT2D eigenvalue weighted by molar-refractivity contribution is 0.497. The first-order chi connectivity index (χ1) is 22.4. The molecule has 0 radical (unpaired) electrons. The molecule has 0 unspecified atom stereocenters. The maximum absolute atomic E-state index is 7.18. The van der Waals surface area contributed by atoms with Crippen LogP contribution in [-0.4, -0.2) is 11.3 Å². The largest absolute Gasteiger partial charge is 0.473 e. The van der Waals surface area contributed by atoms with Gasteiger partial charge in [0.2, 0.25) is 0 Å². The van der Waals surface area contributed by atoms with Gasteiger partial charge >= 0.3 is 6.71 Å². The third-order valence-corrected chi connectivity index (χ3v) is 10.5. The summed E-state index contributed by atoms with van der Waals surface area (Å²) in [6.07, 6.45) is 9.11. The van der Waals surface area contributed by atoms with Crippen molar-refractivity contribution in [3.63, 3.8) is 0 Å². The quantitative estimate of drug-likeness (QED) is 0.198. The van der Waals surface area contributed by atoms with Gasteiger partial charge in [0, 0.05) is 51.7 Å². The van der Waals surface area contributed by atoms with E-state index in [1.807, 2.05) is 0 Å². The average Bonchev–Trinajstić information content (AvgIpc) is 3.66. The molecule has 6 aromatic rings. The van der Waals surface area contributed by atoms with Crippen LogP contribution in [-0.2, 0) is 25.7 Å². The SMILES string of the molecule is c1ccc(N2c3cccc4c3B(c3oc5c(c32)CCCC5)c2c(c3c(n2-c2ccccc2)CCCC3)N4c2ccccc2)cc1. The molecule has 0 fully saturated rings. The number of rotatable bonds is 3. The van der Waals surface area contributed by atoms with E-state index in [-0.39, 0.29) is 6.71 Å². The predicted molar refractivity (Wildman–Crippen MR) is 185 cm³/mol. The first-order valence-corrected chi connectivity index (χ1v) is 16.7. The Morgan fingerprint density at radius 1 is 0.511 bits per heavy atom. The predicted octanol–water partition coefficient (Wildman–Crippen LogP) is 7.91. The van der Waals surface area contributed by atoms with E-state index in [1.165, 1.54) is 99.1 Å². The Morgan fingerprint density at radius 2 is 1.07 bits per heavy atom. The number of aromatic nitrogens is 1. The molecule has 4 aliphatic rings. The molecule has 2 aliphatic heterocycles. The Kier molecular flexibility index (Phi) is 5.54. The monoisotopic (exact) mass is 583 g/mol. The molecule has 10 rings (SSSR count). The van der Waals surface area contributed by atoms with E-state index in [9.17, 15) is 0 Å². The Balaban J connectivity index is 1.37. The van der Waals surface area contributed by atoms with E-state index in [4.69, 9.17) is 4.42 Å². The Hall–Kier alpha value is -4.90. The van der Waals surface area contributed by atoms with Gasteiger partial charge < -0.3 is 18.8 Å². The van der Waals surface area contributed by atoms with Crippen LogP contribution in [0.1, 0.15) is 48.3 Å². The van der Waals surface area contributed by atoms with Crippen molar-refractivity contribution in [3.05, 3.63) is 132 Å². The zero-order valence-corrected chi connectivity index (χ0v) is 25.4. The van der Waals surface area contributed by atoms with Gasteiger partial charge in [-0.25, -0.2) is 0 Å². The van der Waals surface area contributed by atoms with Gasteiger partial charge in [-0.2, -0.15) is 0 Å². The second-order valence-electron chi connectivity index (χ2n) is 12.9. The molecule has 0 saturated heterocycles. The molecule has 4 nitrogen and oxygen atoms in total. The minimum absolute atomic E-state index is 0.00229. The van der Waals surface area contributed by atoms with E-state index in [2.05, 4.69) is 124 Å². The standard InChI is InChI=1S/C40H34BN3O/c1-4-15-27(16-5-1)42-33-24-14-25-34-36(33)41(39-37(42)30-21-10-12-23-32(30)44(39)29-19-8-3-9-20-29)40-38(31-22-11-13-26-35(31)45-40)43(34)28-17-6-2-7-18-28/h1-9,14-20,24-25H,10-13,21-23,26H2. The minimum Gasteiger partial charge on any atom is -0.473 e. The first-order valence-electron chi connectivity index (χ1n) is 16.7. The van der Waals surface area contributed by atoms with Crippen molar-refractivity contribution >= 4 is 57.6 Å². The molecule has 0 atom stereocenters. The lowest BCUT2D eigenvalue weighted by Gasteiger charge is -2.42. The van der Waals surface area contributed by atoms with Crippen molar-refractivity contribution in [2.45, 2.75) is 51.4 Å². The lowest BCUT2D eigenvalue weighted by atomic mass is 9.37. The van der Waals surface area contributed by atoms with Gasteiger partial charge in [-0.05, 0) is 105 Å². The summed E-state index contributed by atoms with van der Waals surface area (Å²) in [5.74, 6) is 1.19. The number of furan rings is 1. The van der Waals surface area contributed by atoms with Crippen molar-refractivity contribution in [2.75, 3.05) is 9.80 Å². The van der Waals surface area contributed by atoms with E-state index >= 15 is 0 Å². The van der Waals surface area contributed by atoms with E-state index in [0.29, 0.717) is 0 Å². The minimum atomic E-state index is -0.00229. The van der Waals surface area contributed by atoms with Crippen LogP contribution in [0, 0.1) is 0 Å². The molecule has 0 amide bonds. The summed E-state index contributed by atoms with van der Waals surface area (Å²) < 4.78 is 9.81. The van der Waals surface area contributed by atoms with Crippen molar-refractivity contribution in [1.82, 2.24) is 4.57 Å². The number of para-hydroxylation sites is 3. The number of benzene rings is 4. The second kappa shape index (κ2) is 9.80. The van der Waals surface area contributed by atoms with Gasteiger partial charge in [0.15, 0.2) is 0 Å². The van der Waals surface area contributed by atoms with Gasteiger partial charge in [-0.1, -0.05) is 60.7 Å². The van der Waals surface area contributed by atoms with Gasteiger partial charge in [0.25, 0.3) is 0 Å². The summed E-state index contributed by atoms with van der Waals surface area (Å²) >= 11 is 0. The fourth-order valence-electron chi connectivity index (χ4n) is 8.75. The highest BCUT2D eigenvalue weighted by atomic mass is 16.3. The number of aryl methyl sites for hydroxylation is 1. The number of nitrogens with zero attached hydrogens (tertiary/aromatic N) is 3. The van der Waals surface area contributed by atoms with Crippen molar-refractivity contribution in [3.8, 4) is 5.69 Å². The summed E-state index contributed by atoms with van der Waals surface area (Å²) in [4.78, 5) is 5.09. The van der Waals surface area contributed by atoms with Crippen LogP contribution < -0.4 is 26.5 Å². The smallest absolute Gasteiger partial charge is 0.317 e. The van der Waals surface area contributed by atoms with Crippen LogP contribution in [0.4, 0.5) is 34.1 Å². The fraction of sp³-hybridized carbons (Fsp3) is 0.200. The van der Waals surface area contributed by atoms with Crippen LogP contribution in [0.15, 0.2) is 114 Å². The van der Waals surface area contributed by atoms with Gasteiger partial charge in [0.05, 0.1) is 11.4 Å². The van der Waals surface area contributed by atoms with Crippen LogP contribution >= 0.6 is 0 Å². The Bertz CT molecular complexity index is 2070. The highest BCUT2D eigenvalue weighted by Crippen LogP contribution is 2.49. The number of anilines is 6. The van der Waals surface area contributed by atoms with Crippen molar-refractivity contribution < 1.29 is 4.42 Å². The average molecular weight is 584 g/mol. The van der Waals surface area contributed by atoms with E-state index in [0.717, 1.165) is 31.3 Å². The summed E-state index contributed by atoms with van der Waals surface area (Å²) in [5.41, 5.74) is 17.0. The Labute approximate surface area is 264 Å². The summed E-state index contributed by atoms with van der Waals surface area (Å²) in [5, 5.41) is 0. The number of hydrogen-bond acceptors (Lipinski definition) is 3. The van der Waals surface area contributed by atoms with Crippen LogP contribution in [0.2, 0.25) is 0 Å². The second-order valence-corrected chi connectivity index (χ2v) is 12.9. The summed E-state index contributed by atoms with van der Waals surface area (Å²) in [7, 11) is 0. The van der Waals surface area contributed by atoms with Gasteiger partial charge in [-0.15, -0.1) is 0 Å². The molecule has 45 heavy (non-hydrogen) atoms. The van der Waals surface area contributed by atoms with E-state index < -0.39 is 0 Å². The molecule has 2 aliphatic carbocycles. The molecule has 0 saturated carbocycles. The fourth-order valence-corrected chi connectivity index (χ4v) is 8.75. The molecule has 4 heterocycles. The zero-order valence-electron chi connectivity index (χ0n) is 25.4. The Morgan fingerprint density at radius 3 is 1.73 bits per heavy atom. The van der Waals surface area contributed by atoms with Crippen LogP contribution in [0.3, 0.4) is 0 Å². The number of hydrogen-bond donors (Lipinski definition) is 0. The maximum atomic E-state index is 7.18. The normalized spacial score (nSPS) is 16.0. The molecular formula is C40H34BN3O. The molecule has 5 heteroatoms. The highest BCUT2D eigenvalue weighted by molar-refractivity contribution is 6.99. The molecule has 2 aromatic heterocycles. The molecule has 218 valence electrons. The topological polar surface area (TPSA) is 24.6 Å². The highest BCUT2D eigenvalue weighted by Gasteiger charge is 2.50. The first kappa shape index (κ1) is 25.4.